The highest BCUT2D eigenvalue weighted by atomic mass is 16.3. The van der Waals surface area contributed by atoms with E-state index in [0.717, 1.165) is 61.0 Å². The molecule has 0 N–H and O–H groups in total. The summed E-state index contributed by atoms with van der Waals surface area (Å²) in [6.07, 6.45) is 0. The Bertz CT molecular complexity index is 3450. The molecule has 0 aliphatic heterocycles. The number of para-hydroxylation sites is 3. The van der Waals surface area contributed by atoms with Crippen molar-refractivity contribution in [2.45, 2.75) is 0 Å². The average molecular weight is 730 g/mol. The number of hydrogen-bond acceptors (Lipinski definition) is 4. The van der Waals surface area contributed by atoms with Gasteiger partial charge in [-0.15, -0.1) is 0 Å². The van der Waals surface area contributed by atoms with Gasteiger partial charge >= 0.3 is 0 Å². The minimum absolute atomic E-state index is 0.590. The number of hydrogen-bond donors (Lipinski definition) is 0. The van der Waals surface area contributed by atoms with Crippen LogP contribution in [0.2, 0.25) is 0 Å². The first kappa shape index (κ1) is 31.5. The second-order valence-electron chi connectivity index (χ2n) is 14.4. The van der Waals surface area contributed by atoms with Crippen LogP contribution < -0.4 is 0 Å². The Kier molecular flexibility index (Phi) is 6.83. The zero-order valence-corrected chi connectivity index (χ0v) is 30.5. The van der Waals surface area contributed by atoms with Gasteiger partial charge in [0.15, 0.2) is 17.5 Å². The monoisotopic (exact) mass is 729 g/mol. The highest BCUT2D eigenvalue weighted by Gasteiger charge is 2.23. The van der Waals surface area contributed by atoms with Crippen molar-refractivity contribution in [2.75, 3.05) is 0 Å². The summed E-state index contributed by atoms with van der Waals surface area (Å²) in [7, 11) is 0. The summed E-state index contributed by atoms with van der Waals surface area (Å²) in [6, 6.07) is 65.5. The van der Waals surface area contributed by atoms with E-state index < -0.39 is 0 Å². The molecule has 0 atom stereocenters. The third-order valence-corrected chi connectivity index (χ3v) is 11.2. The van der Waals surface area contributed by atoms with Crippen molar-refractivity contribution in [1.29, 1.82) is 0 Å². The van der Waals surface area contributed by atoms with Crippen molar-refractivity contribution in [3.8, 4) is 45.5 Å². The fraction of sp³-hybridized carbons (Fsp3) is 0. The van der Waals surface area contributed by atoms with Crippen molar-refractivity contribution in [1.82, 2.24) is 24.1 Å². The van der Waals surface area contributed by atoms with Crippen LogP contribution in [0, 0.1) is 0 Å². The normalized spacial score (nSPS) is 11.9. The van der Waals surface area contributed by atoms with Crippen LogP contribution >= 0.6 is 0 Å². The number of furan rings is 1. The smallest absolute Gasteiger partial charge is 0.164 e. The lowest BCUT2D eigenvalue weighted by molar-refractivity contribution is 0.669. The Morgan fingerprint density at radius 1 is 0.351 bits per heavy atom. The van der Waals surface area contributed by atoms with Crippen LogP contribution in [0.1, 0.15) is 0 Å². The quantitative estimate of drug-likeness (QED) is 0.177. The number of nitrogens with zero attached hydrogens (tertiary/aromatic N) is 5. The second kappa shape index (κ2) is 12.3. The molecule has 0 saturated carbocycles. The van der Waals surface area contributed by atoms with Gasteiger partial charge in [-0.2, -0.15) is 0 Å². The average Bonchev–Trinajstić information content (AvgIpc) is 3.95. The van der Waals surface area contributed by atoms with E-state index in [1.54, 1.807) is 0 Å². The lowest BCUT2D eigenvalue weighted by atomic mass is 10.0. The Morgan fingerprint density at radius 2 is 0.877 bits per heavy atom. The summed E-state index contributed by atoms with van der Waals surface area (Å²) < 4.78 is 11.4. The molecule has 0 radical (unpaired) electrons. The van der Waals surface area contributed by atoms with Gasteiger partial charge in [0, 0.05) is 60.4 Å². The number of rotatable bonds is 5. The fourth-order valence-corrected chi connectivity index (χ4v) is 8.68. The number of aromatic nitrogens is 5. The van der Waals surface area contributed by atoms with Crippen LogP contribution in [0.5, 0.6) is 0 Å². The third-order valence-electron chi connectivity index (χ3n) is 11.2. The molecular weight excluding hydrogens is 699 g/mol. The van der Waals surface area contributed by atoms with Crippen molar-refractivity contribution < 1.29 is 4.42 Å². The molecule has 4 aromatic heterocycles. The highest BCUT2D eigenvalue weighted by Crippen LogP contribution is 2.43. The van der Waals surface area contributed by atoms with Gasteiger partial charge < -0.3 is 13.6 Å². The van der Waals surface area contributed by atoms with E-state index in [9.17, 15) is 0 Å². The van der Waals surface area contributed by atoms with Gasteiger partial charge in [0.2, 0.25) is 0 Å². The van der Waals surface area contributed by atoms with Gasteiger partial charge in [0.25, 0.3) is 0 Å². The minimum Gasteiger partial charge on any atom is -0.456 e. The minimum atomic E-state index is 0.590. The predicted octanol–water partition coefficient (Wildman–Crippen LogP) is 13.0. The molecule has 0 aliphatic rings. The molecule has 0 bridgehead atoms. The second-order valence-corrected chi connectivity index (χ2v) is 14.4. The van der Waals surface area contributed by atoms with Crippen molar-refractivity contribution >= 4 is 65.6 Å². The third kappa shape index (κ3) is 4.81. The number of benzene rings is 8. The van der Waals surface area contributed by atoms with Gasteiger partial charge in [-0.1, -0.05) is 140 Å². The molecule has 57 heavy (non-hydrogen) atoms. The van der Waals surface area contributed by atoms with E-state index in [-0.39, 0.29) is 0 Å². The molecule has 12 aromatic rings. The molecule has 0 saturated heterocycles. The first-order valence-corrected chi connectivity index (χ1v) is 19.1. The zero-order chi connectivity index (χ0) is 37.5. The van der Waals surface area contributed by atoms with Crippen LogP contribution in [-0.4, -0.2) is 24.1 Å². The molecule has 8 aromatic carbocycles. The van der Waals surface area contributed by atoms with Crippen molar-refractivity contribution in [2.24, 2.45) is 0 Å². The van der Waals surface area contributed by atoms with Crippen LogP contribution in [0.3, 0.4) is 0 Å². The largest absolute Gasteiger partial charge is 0.456 e. The van der Waals surface area contributed by atoms with Crippen LogP contribution in [0.25, 0.3) is 111 Å². The molecule has 6 nitrogen and oxygen atoms in total. The van der Waals surface area contributed by atoms with Gasteiger partial charge in [-0.3, -0.25) is 0 Å². The summed E-state index contributed by atoms with van der Waals surface area (Å²) >= 11 is 0. The SMILES string of the molecule is c1ccc(-c2nc(-c3ccccc3)nc(-c3cccc4oc5ccc(-n6c7ccccc7c7ccc8c9ccccc9n(-c9ccccc9)c8c76)cc5c34)n2)cc1. The summed E-state index contributed by atoms with van der Waals surface area (Å²) in [4.78, 5) is 15.2. The zero-order valence-electron chi connectivity index (χ0n) is 30.5. The van der Waals surface area contributed by atoms with Gasteiger partial charge in [0.1, 0.15) is 11.2 Å². The summed E-state index contributed by atoms with van der Waals surface area (Å²) in [5.74, 6) is 1.83. The van der Waals surface area contributed by atoms with E-state index in [4.69, 9.17) is 19.4 Å². The van der Waals surface area contributed by atoms with E-state index in [2.05, 4.69) is 124 Å². The maximum Gasteiger partial charge on any atom is 0.164 e. The van der Waals surface area contributed by atoms with Gasteiger partial charge in [-0.05, 0) is 48.5 Å². The van der Waals surface area contributed by atoms with E-state index >= 15 is 0 Å². The van der Waals surface area contributed by atoms with E-state index in [0.29, 0.717) is 17.5 Å². The Labute approximate surface area is 326 Å². The van der Waals surface area contributed by atoms with Gasteiger partial charge in [-0.25, -0.2) is 15.0 Å². The molecule has 0 amide bonds. The van der Waals surface area contributed by atoms with Crippen LogP contribution in [0.4, 0.5) is 0 Å². The first-order valence-electron chi connectivity index (χ1n) is 19.1. The Balaban J connectivity index is 1.16. The number of fused-ring (bicyclic) bond motifs is 10. The maximum absolute atomic E-state index is 6.59. The molecule has 6 heteroatoms. The van der Waals surface area contributed by atoms with Crippen molar-refractivity contribution in [3.05, 3.63) is 188 Å². The predicted molar refractivity (Wildman–Crippen MR) is 232 cm³/mol. The standard InChI is InChI=1S/C51H31N5O/c1-4-15-32(16-5-1)49-52-50(33-17-6-2-7-18-33)54-51(53-49)40-23-14-26-45-46(40)41-31-35(27-30-44(41)57-45)56-43-25-13-11-22-37(43)39-29-28-38-36-21-10-12-24-42(36)55(47(38)48(39)56)34-19-8-3-9-20-34/h1-31H. The molecule has 0 unspecified atom stereocenters. The highest BCUT2D eigenvalue weighted by molar-refractivity contribution is 6.24. The lowest BCUT2D eigenvalue weighted by Gasteiger charge is -2.13. The Morgan fingerprint density at radius 3 is 1.49 bits per heavy atom. The summed E-state index contributed by atoms with van der Waals surface area (Å²) in [6.45, 7) is 0. The Hall–Kier alpha value is -7.83. The maximum atomic E-state index is 6.59. The van der Waals surface area contributed by atoms with E-state index in [1.807, 2.05) is 72.8 Å². The van der Waals surface area contributed by atoms with Gasteiger partial charge in [0.05, 0.1) is 22.1 Å². The van der Waals surface area contributed by atoms with Crippen LogP contribution in [0.15, 0.2) is 192 Å². The first-order chi connectivity index (χ1) is 28.3. The fourth-order valence-electron chi connectivity index (χ4n) is 8.68. The molecule has 0 aliphatic carbocycles. The molecular formula is C51H31N5O. The summed E-state index contributed by atoms with van der Waals surface area (Å²) in [5, 5.41) is 6.78. The van der Waals surface area contributed by atoms with E-state index in [1.165, 1.54) is 32.6 Å². The molecule has 0 spiro atoms. The van der Waals surface area contributed by atoms with Crippen LogP contribution in [-0.2, 0) is 0 Å². The molecule has 266 valence electrons. The lowest BCUT2D eigenvalue weighted by Crippen LogP contribution is -2.00. The molecule has 0 fully saturated rings. The summed E-state index contributed by atoms with van der Waals surface area (Å²) in [5.41, 5.74) is 11.1. The van der Waals surface area contributed by atoms with Crippen molar-refractivity contribution in [3.63, 3.8) is 0 Å². The molecule has 12 rings (SSSR count). The molecule has 4 heterocycles. The topological polar surface area (TPSA) is 61.7 Å².